The van der Waals surface area contributed by atoms with Crippen LogP contribution in [0.3, 0.4) is 0 Å². The first-order chi connectivity index (χ1) is 8.29. The zero-order valence-corrected chi connectivity index (χ0v) is 9.02. The molecular formula is C13H10FN3. The summed E-state index contributed by atoms with van der Waals surface area (Å²) in [4.78, 5) is 3.95. The summed E-state index contributed by atoms with van der Waals surface area (Å²) in [5.41, 5.74) is 1.86. The van der Waals surface area contributed by atoms with E-state index in [0.717, 1.165) is 5.56 Å². The van der Waals surface area contributed by atoms with Crippen molar-refractivity contribution in [3.05, 3.63) is 59.7 Å². The number of rotatable bonds is 3. The second kappa shape index (κ2) is 5.08. The van der Waals surface area contributed by atoms with Gasteiger partial charge in [0, 0.05) is 24.0 Å². The largest absolute Gasteiger partial charge is 0.381 e. The van der Waals surface area contributed by atoms with Crippen LogP contribution < -0.4 is 5.32 Å². The van der Waals surface area contributed by atoms with E-state index in [2.05, 4.69) is 10.3 Å². The minimum atomic E-state index is -0.290. The zero-order valence-electron chi connectivity index (χ0n) is 9.02. The Bertz CT molecular complexity index is 561. The molecule has 0 aliphatic rings. The molecule has 0 unspecified atom stereocenters. The number of pyridine rings is 1. The fraction of sp³-hybridized carbons (Fsp3) is 0.0769. The zero-order chi connectivity index (χ0) is 12.1. The van der Waals surface area contributed by atoms with Gasteiger partial charge in [0.05, 0.1) is 0 Å². The molecule has 84 valence electrons. The van der Waals surface area contributed by atoms with Crippen molar-refractivity contribution in [2.75, 3.05) is 5.32 Å². The van der Waals surface area contributed by atoms with E-state index in [4.69, 9.17) is 5.26 Å². The lowest BCUT2D eigenvalue weighted by Gasteiger charge is -2.07. The van der Waals surface area contributed by atoms with Crippen LogP contribution in [-0.4, -0.2) is 4.98 Å². The predicted octanol–water partition coefficient (Wildman–Crippen LogP) is 2.70. The number of benzene rings is 1. The maximum atomic E-state index is 12.9. The highest BCUT2D eigenvalue weighted by Gasteiger charge is 2.02. The molecule has 4 heteroatoms. The molecule has 1 aromatic carbocycles. The summed E-state index contributed by atoms with van der Waals surface area (Å²) in [7, 11) is 0. The van der Waals surface area contributed by atoms with Gasteiger partial charge in [0.2, 0.25) is 0 Å². The van der Waals surface area contributed by atoms with Gasteiger partial charge >= 0.3 is 0 Å². The molecule has 0 aliphatic heterocycles. The Morgan fingerprint density at radius 1 is 1.29 bits per heavy atom. The van der Waals surface area contributed by atoms with Gasteiger partial charge in [0.15, 0.2) is 0 Å². The van der Waals surface area contributed by atoms with Gasteiger partial charge in [-0.05, 0) is 24.3 Å². The third kappa shape index (κ3) is 2.79. The average molecular weight is 227 g/mol. The summed E-state index contributed by atoms with van der Waals surface area (Å²) in [6, 6.07) is 11.8. The van der Waals surface area contributed by atoms with Crippen molar-refractivity contribution in [2.24, 2.45) is 0 Å². The van der Waals surface area contributed by atoms with Gasteiger partial charge in [-0.15, -0.1) is 0 Å². The number of nitriles is 1. The molecule has 17 heavy (non-hydrogen) atoms. The van der Waals surface area contributed by atoms with Crippen molar-refractivity contribution in [3.63, 3.8) is 0 Å². The molecule has 3 nitrogen and oxygen atoms in total. The van der Waals surface area contributed by atoms with Gasteiger partial charge in [0.1, 0.15) is 17.6 Å². The topological polar surface area (TPSA) is 48.7 Å². The van der Waals surface area contributed by atoms with Crippen LogP contribution in [0, 0.1) is 17.1 Å². The van der Waals surface area contributed by atoms with Crippen molar-refractivity contribution in [1.82, 2.24) is 4.98 Å². The molecule has 0 amide bonds. The standard InChI is InChI=1S/C13H10FN3/c14-11-4-1-5-12(7-11)17-9-10-3-2-6-16-13(10)8-15/h1-7,17H,9H2. The lowest BCUT2D eigenvalue weighted by atomic mass is 10.2. The lowest BCUT2D eigenvalue weighted by Crippen LogP contribution is -2.02. The molecule has 0 saturated heterocycles. The summed E-state index contributed by atoms with van der Waals surface area (Å²) < 4.78 is 12.9. The smallest absolute Gasteiger partial charge is 0.145 e. The number of anilines is 1. The number of hydrogen-bond acceptors (Lipinski definition) is 3. The van der Waals surface area contributed by atoms with Crippen molar-refractivity contribution >= 4 is 5.69 Å². The van der Waals surface area contributed by atoms with Gasteiger partial charge in [-0.2, -0.15) is 5.26 Å². The van der Waals surface area contributed by atoms with Crippen LogP contribution in [0.4, 0.5) is 10.1 Å². The summed E-state index contributed by atoms with van der Waals surface area (Å²) in [5, 5.41) is 11.9. The van der Waals surface area contributed by atoms with E-state index in [0.29, 0.717) is 17.9 Å². The molecule has 0 saturated carbocycles. The number of halogens is 1. The average Bonchev–Trinajstić information content (AvgIpc) is 2.37. The van der Waals surface area contributed by atoms with E-state index in [1.54, 1.807) is 24.4 Å². The Morgan fingerprint density at radius 2 is 2.18 bits per heavy atom. The van der Waals surface area contributed by atoms with Gasteiger partial charge < -0.3 is 5.32 Å². The van der Waals surface area contributed by atoms with Gasteiger partial charge in [0.25, 0.3) is 0 Å². The molecule has 2 rings (SSSR count). The predicted molar refractivity (Wildman–Crippen MR) is 62.7 cm³/mol. The SMILES string of the molecule is N#Cc1ncccc1CNc1cccc(F)c1. The minimum Gasteiger partial charge on any atom is -0.381 e. The molecule has 2 aromatic rings. The molecule has 0 aliphatic carbocycles. The highest BCUT2D eigenvalue weighted by atomic mass is 19.1. The summed E-state index contributed by atoms with van der Waals surface area (Å²) >= 11 is 0. The van der Waals surface area contributed by atoms with Gasteiger partial charge in [-0.3, -0.25) is 0 Å². The normalized spacial score (nSPS) is 9.65. The molecule has 0 fully saturated rings. The van der Waals surface area contributed by atoms with E-state index in [-0.39, 0.29) is 5.82 Å². The number of hydrogen-bond donors (Lipinski definition) is 1. The highest BCUT2D eigenvalue weighted by Crippen LogP contribution is 2.12. The Labute approximate surface area is 98.5 Å². The molecule has 0 spiro atoms. The van der Waals surface area contributed by atoms with Crippen LogP contribution in [0.1, 0.15) is 11.3 Å². The van der Waals surface area contributed by atoms with Crippen LogP contribution in [0.15, 0.2) is 42.6 Å². The Morgan fingerprint density at radius 3 is 2.94 bits per heavy atom. The number of nitrogens with zero attached hydrogens (tertiary/aromatic N) is 2. The third-order valence-corrected chi connectivity index (χ3v) is 2.30. The van der Waals surface area contributed by atoms with Crippen molar-refractivity contribution in [1.29, 1.82) is 5.26 Å². The lowest BCUT2D eigenvalue weighted by molar-refractivity contribution is 0.628. The molecule has 0 radical (unpaired) electrons. The molecule has 0 atom stereocenters. The van der Waals surface area contributed by atoms with E-state index in [9.17, 15) is 4.39 Å². The summed E-state index contributed by atoms with van der Waals surface area (Å²) in [5.74, 6) is -0.290. The van der Waals surface area contributed by atoms with Crippen LogP contribution in [0.2, 0.25) is 0 Å². The maximum Gasteiger partial charge on any atom is 0.145 e. The first kappa shape index (κ1) is 11.1. The molecule has 1 heterocycles. The fourth-order valence-corrected chi connectivity index (χ4v) is 1.48. The first-order valence-electron chi connectivity index (χ1n) is 5.13. The monoisotopic (exact) mass is 227 g/mol. The second-order valence-corrected chi connectivity index (χ2v) is 3.49. The van der Waals surface area contributed by atoms with Crippen LogP contribution >= 0.6 is 0 Å². The van der Waals surface area contributed by atoms with Crippen LogP contribution in [0.25, 0.3) is 0 Å². The van der Waals surface area contributed by atoms with Crippen LogP contribution in [-0.2, 0) is 6.54 Å². The van der Waals surface area contributed by atoms with Crippen LogP contribution in [0.5, 0.6) is 0 Å². The summed E-state index contributed by atoms with van der Waals surface area (Å²) in [6.45, 7) is 0.445. The highest BCUT2D eigenvalue weighted by molar-refractivity contribution is 5.44. The quantitative estimate of drug-likeness (QED) is 0.877. The Hall–Kier alpha value is -2.41. The van der Waals surface area contributed by atoms with E-state index >= 15 is 0 Å². The number of aromatic nitrogens is 1. The minimum absolute atomic E-state index is 0.290. The van der Waals surface area contributed by atoms with Gasteiger partial charge in [-0.25, -0.2) is 9.37 Å². The molecular weight excluding hydrogens is 217 g/mol. The molecule has 1 aromatic heterocycles. The maximum absolute atomic E-state index is 12.9. The second-order valence-electron chi connectivity index (χ2n) is 3.49. The first-order valence-corrected chi connectivity index (χ1v) is 5.13. The Balaban J connectivity index is 2.10. The van der Waals surface area contributed by atoms with E-state index in [1.165, 1.54) is 12.1 Å². The molecule has 1 N–H and O–H groups in total. The summed E-state index contributed by atoms with van der Waals surface area (Å²) in [6.07, 6.45) is 1.57. The van der Waals surface area contributed by atoms with Crippen molar-refractivity contribution in [3.8, 4) is 6.07 Å². The van der Waals surface area contributed by atoms with Gasteiger partial charge in [-0.1, -0.05) is 12.1 Å². The van der Waals surface area contributed by atoms with Crippen molar-refractivity contribution < 1.29 is 4.39 Å². The van der Waals surface area contributed by atoms with E-state index in [1.807, 2.05) is 12.1 Å². The van der Waals surface area contributed by atoms with Crippen molar-refractivity contribution in [2.45, 2.75) is 6.54 Å². The molecule has 0 bridgehead atoms. The number of nitrogens with one attached hydrogen (secondary N) is 1. The third-order valence-electron chi connectivity index (χ3n) is 2.30. The fourth-order valence-electron chi connectivity index (χ4n) is 1.48. The van der Waals surface area contributed by atoms with E-state index < -0.39 is 0 Å². The Kier molecular flexibility index (Phi) is 3.31.